The SMILES string of the molecule is CCc1cc(Br)ccc1NC(=O)Nc1cccc(N)c1. The third-order valence-corrected chi connectivity index (χ3v) is 3.33. The number of aryl methyl sites for hydroxylation is 1. The number of rotatable bonds is 3. The molecule has 2 aromatic rings. The van der Waals surface area contributed by atoms with Gasteiger partial charge in [-0.25, -0.2) is 4.79 Å². The van der Waals surface area contributed by atoms with Crippen molar-refractivity contribution in [1.82, 2.24) is 0 Å². The van der Waals surface area contributed by atoms with Gasteiger partial charge in [0.1, 0.15) is 0 Å². The van der Waals surface area contributed by atoms with E-state index in [1.807, 2.05) is 25.1 Å². The summed E-state index contributed by atoms with van der Waals surface area (Å²) in [6.45, 7) is 2.04. The topological polar surface area (TPSA) is 67.2 Å². The van der Waals surface area contributed by atoms with Gasteiger partial charge in [-0.1, -0.05) is 28.9 Å². The second-order valence-electron chi connectivity index (χ2n) is 4.36. The zero-order chi connectivity index (χ0) is 14.5. The van der Waals surface area contributed by atoms with E-state index < -0.39 is 0 Å². The maximum absolute atomic E-state index is 12.0. The number of hydrogen-bond donors (Lipinski definition) is 3. The summed E-state index contributed by atoms with van der Waals surface area (Å²) in [5.74, 6) is 0. The van der Waals surface area contributed by atoms with E-state index in [1.165, 1.54) is 0 Å². The van der Waals surface area contributed by atoms with Crippen molar-refractivity contribution in [3.8, 4) is 0 Å². The van der Waals surface area contributed by atoms with E-state index >= 15 is 0 Å². The highest BCUT2D eigenvalue weighted by Gasteiger charge is 2.06. The number of nitrogens with one attached hydrogen (secondary N) is 2. The predicted molar refractivity (Wildman–Crippen MR) is 87.0 cm³/mol. The quantitative estimate of drug-likeness (QED) is 0.735. The summed E-state index contributed by atoms with van der Waals surface area (Å²) in [7, 11) is 0. The molecule has 0 aliphatic rings. The van der Waals surface area contributed by atoms with E-state index in [4.69, 9.17) is 5.73 Å². The van der Waals surface area contributed by atoms with Crippen LogP contribution in [0.1, 0.15) is 12.5 Å². The number of carbonyl (C=O) groups excluding carboxylic acids is 1. The fourth-order valence-electron chi connectivity index (χ4n) is 1.88. The second kappa shape index (κ2) is 6.43. The number of benzene rings is 2. The molecule has 0 atom stereocenters. The van der Waals surface area contributed by atoms with Crippen LogP contribution in [0.5, 0.6) is 0 Å². The van der Waals surface area contributed by atoms with Crippen LogP contribution in [0.25, 0.3) is 0 Å². The molecule has 0 spiro atoms. The minimum atomic E-state index is -0.285. The van der Waals surface area contributed by atoms with Gasteiger partial charge < -0.3 is 16.4 Å². The van der Waals surface area contributed by atoms with Crippen molar-refractivity contribution in [3.63, 3.8) is 0 Å². The Morgan fingerprint density at radius 2 is 2.00 bits per heavy atom. The first-order valence-corrected chi connectivity index (χ1v) is 7.09. The molecule has 104 valence electrons. The van der Waals surface area contributed by atoms with E-state index in [2.05, 4.69) is 26.6 Å². The van der Waals surface area contributed by atoms with Crippen LogP contribution in [-0.2, 0) is 6.42 Å². The number of halogens is 1. The molecule has 0 aliphatic carbocycles. The monoisotopic (exact) mass is 333 g/mol. The van der Waals surface area contributed by atoms with Crippen molar-refractivity contribution < 1.29 is 4.79 Å². The molecule has 0 saturated carbocycles. The number of carbonyl (C=O) groups is 1. The summed E-state index contributed by atoms with van der Waals surface area (Å²) in [4.78, 5) is 12.0. The molecular weight excluding hydrogens is 318 g/mol. The minimum Gasteiger partial charge on any atom is -0.399 e. The predicted octanol–water partition coefficient (Wildman–Crippen LogP) is 4.24. The molecule has 0 radical (unpaired) electrons. The highest BCUT2D eigenvalue weighted by molar-refractivity contribution is 9.10. The second-order valence-corrected chi connectivity index (χ2v) is 5.28. The lowest BCUT2D eigenvalue weighted by molar-refractivity contribution is 0.262. The Morgan fingerprint density at radius 3 is 2.70 bits per heavy atom. The molecule has 0 fully saturated rings. The van der Waals surface area contributed by atoms with Gasteiger partial charge in [-0.2, -0.15) is 0 Å². The number of hydrogen-bond acceptors (Lipinski definition) is 2. The molecule has 0 saturated heterocycles. The lowest BCUT2D eigenvalue weighted by Gasteiger charge is -2.11. The smallest absolute Gasteiger partial charge is 0.323 e. The highest BCUT2D eigenvalue weighted by atomic mass is 79.9. The summed E-state index contributed by atoms with van der Waals surface area (Å²) < 4.78 is 0.996. The molecule has 20 heavy (non-hydrogen) atoms. The van der Waals surface area contributed by atoms with Crippen LogP contribution >= 0.6 is 15.9 Å². The molecule has 5 heteroatoms. The number of nitrogen functional groups attached to an aromatic ring is 1. The van der Waals surface area contributed by atoms with E-state index in [1.54, 1.807) is 24.3 Å². The molecule has 4 nitrogen and oxygen atoms in total. The number of nitrogens with two attached hydrogens (primary N) is 1. The van der Waals surface area contributed by atoms with Crippen molar-refractivity contribution >= 4 is 39.0 Å². The maximum atomic E-state index is 12.0. The normalized spacial score (nSPS) is 10.1. The average molecular weight is 334 g/mol. The van der Waals surface area contributed by atoms with Gasteiger partial charge in [0.05, 0.1) is 0 Å². The fourth-order valence-corrected chi connectivity index (χ4v) is 2.29. The summed E-state index contributed by atoms with van der Waals surface area (Å²) in [5, 5.41) is 5.60. The zero-order valence-corrected chi connectivity index (χ0v) is 12.7. The third-order valence-electron chi connectivity index (χ3n) is 2.84. The van der Waals surface area contributed by atoms with Gasteiger partial charge in [0, 0.05) is 21.5 Å². The molecule has 0 aromatic heterocycles. The van der Waals surface area contributed by atoms with Crippen LogP contribution in [0.2, 0.25) is 0 Å². The molecule has 0 bridgehead atoms. The van der Waals surface area contributed by atoms with Gasteiger partial charge in [-0.05, 0) is 48.4 Å². The van der Waals surface area contributed by atoms with Crippen LogP contribution in [0.4, 0.5) is 21.9 Å². The Balaban J connectivity index is 2.08. The number of amides is 2. The molecule has 0 unspecified atom stereocenters. The van der Waals surface area contributed by atoms with E-state index in [-0.39, 0.29) is 6.03 Å². The highest BCUT2D eigenvalue weighted by Crippen LogP contribution is 2.22. The molecule has 0 heterocycles. The molecule has 4 N–H and O–H groups in total. The van der Waals surface area contributed by atoms with Crippen molar-refractivity contribution in [1.29, 1.82) is 0 Å². The van der Waals surface area contributed by atoms with E-state index in [9.17, 15) is 4.79 Å². The Hall–Kier alpha value is -2.01. The molecule has 0 aliphatic heterocycles. The van der Waals surface area contributed by atoms with Crippen LogP contribution in [0, 0.1) is 0 Å². The summed E-state index contributed by atoms with van der Waals surface area (Å²) in [6.07, 6.45) is 0.841. The molecule has 2 rings (SSSR count). The lowest BCUT2D eigenvalue weighted by atomic mass is 10.1. The van der Waals surface area contributed by atoms with Gasteiger partial charge >= 0.3 is 6.03 Å². The van der Waals surface area contributed by atoms with Crippen LogP contribution in [0.15, 0.2) is 46.9 Å². The Kier molecular flexibility index (Phi) is 4.63. The molecule has 2 aromatic carbocycles. The lowest BCUT2D eigenvalue weighted by Crippen LogP contribution is -2.20. The largest absolute Gasteiger partial charge is 0.399 e. The summed E-state index contributed by atoms with van der Waals surface area (Å²) >= 11 is 3.42. The van der Waals surface area contributed by atoms with Crippen molar-refractivity contribution in [2.24, 2.45) is 0 Å². The average Bonchev–Trinajstić information content (AvgIpc) is 2.40. The van der Waals surface area contributed by atoms with Crippen LogP contribution < -0.4 is 16.4 Å². The Morgan fingerprint density at radius 1 is 1.20 bits per heavy atom. The fraction of sp³-hybridized carbons (Fsp3) is 0.133. The maximum Gasteiger partial charge on any atom is 0.323 e. The first-order chi connectivity index (χ1) is 9.58. The van der Waals surface area contributed by atoms with Crippen molar-refractivity contribution in [2.45, 2.75) is 13.3 Å². The Labute approximate surface area is 126 Å². The van der Waals surface area contributed by atoms with Crippen molar-refractivity contribution in [2.75, 3.05) is 16.4 Å². The van der Waals surface area contributed by atoms with Gasteiger partial charge in [0.2, 0.25) is 0 Å². The standard InChI is InChI=1S/C15H16BrN3O/c1-2-10-8-11(16)6-7-14(10)19-15(20)18-13-5-3-4-12(17)9-13/h3-9H,2,17H2,1H3,(H2,18,19,20). The minimum absolute atomic E-state index is 0.285. The summed E-state index contributed by atoms with van der Waals surface area (Å²) in [6, 6.07) is 12.6. The van der Waals surface area contributed by atoms with E-state index in [0.717, 1.165) is 22.1 Å². The Bertz CT molecular complexity index is 628. The number of anilines is 3. The number of urea groups is 1. The van der Waals surface area contributed by atoms with E-state index in [0.29, 0.717) is 11.4 Å². The van der Waals surface area contributed by atoms with Gasteiger partial charge in [-0.3, -0.25) is 0 Å². The van der Waals surface area contributed by atoms with Crippen LogP contribution in [0.3, 0.4) is 0 Å². The first-order valence-electron chi connectivity index (χ1n) is 6.30. The molecule has 2 amide bonds. The van der Waals surface area contributed by atoms with Gasteiger partial charge in [-0.15, -0.1) is 0 Å². The first kappa shape index (κ1) is 14.4. The summed E-state index contributed by atoms with van der Waals surface area (Å²) in [5.41, 5.74) is 8.82. The third kappa shape index (κ3) is 3.74. The van der Waals surface area contributed by atoms with Crippen molar-refractivity contribution in [3.05, 3.63) is 52.5 Å². The van der Waals surface area contributed by atoms with Crippen LogP contribution in [-0.4, -0.2) is 6.03 Å². The van der Waals surface area contributed by atoms with Gasteiger partial charge in [0.15, 0.2) is 0 Å². The van der Waals surface area contributed by atoms with Gasteiger partial charge in [0.25, 0.3) is 0 Å². The molecular formula is C15H16BrN3O. The zero-order valence-electron chi connectivity index (χ0n) is 11.1.